The predicted molar refractivity (Wildman–Crippen MR) is 85.6 cm³/mol. The second kappa shape index (κ2) is 7.77. The fourth-order valence-corrected chi connectivity index (χ4v) is 3.30. The van der Waals surface area contributed by atoms with E-state index in [2.05, 4.69) is 5.32 Å². The van der Waals surface area contributed by atoms with E-state index in [0.717, 1.165) is 17.7 Å². The summed E-state index contributed by atoms with van der Waals surface area (Å²) in [6, 6.07) is -0.992. The van der Waals surface area contributed by atoms with Crippen LogP contribution in [0.3, 0.4) is 0 Å². The fourth-order valence-electron chi connectivity index (χ4n) is 3.30. The molecule has 24 heavy (non-hydrogen) atoms. The molecule has 2 rings (SSSR count). The summed E-state index contributed by atoms with van der Waals surface area (Å²) < 4.78 is 4.96. The lowest BCUT2D eigenvalue weighted by Crippen LogP contribution is -2.45. The van der Waals surface area contributed by atoms with Crippen molar-refractivity contribution in [1.82, 2.24) is 10.2 Å². The van der Waals surface area contributed by atoms with Gasteiger partial charge in [-0.05, 0) is 25.7 Å². The highest BCUT2D eigenvalue weighted by Gasteiger charge is 2.51. The van der Waals surface area contributed by atoms with Gasteiger partial charge in [0.25, 0.3) is 5.91 Å². The topological polar surface area (TPSA) is 92.8 Å². The Bertz CT molecular complexity index is 507. The van der Waals surface area contributed by atoms with Gasteiger partial charge in [-0.3, -0.25) is 19.3 Å². The molecule has 1 N–H and O–H groups in total. The van der Waals surface area contributed by atoms with Crippen LogP contribution in [-0.2, 0) is 23.9 Å². The summed E-state index contributed by atoms with van der Waals surface area (Å²) in [4.78, 5) is 49.6. The van der Waals surface area contributed by atoms with E-state index in [0.29, 0.717) is 25.3 Å². The lowest BCUT2D eigenvalue weighted by molar-refractivity contribution is -0.159. The summed E-state index contributed by atoms with van der Waals surface area (Å²) in [6.07, 6.45) is 3.27. The van der Waals surface area contributed by atoms with Crippen LogP contribution in [0.5, 0.6) is 0 Å². The molecule has 0 bridgehead atoms. The molecule has 1 saturated heterocycles. The summed E-state index contributed by atoms with van der Waals surface area (Å²) in [5.41, 5.74) is 0. The summed E-state index contributed by atoms with van der Waals surface area (Å²) in [5, 5.41) is 2.64. The lowest BCUT2D eigenvalue weighted by Gasteiger charge is -2.21. The van der Waals surface area contributed by atoms with Crippen molar-refractivity contribution in [2.45, 2.75) is 52.5 Å². The minimum absolute atomic E-state index is 0.279. The van der Waals surface area contributed by atoms with E-state index in [9.17, 15) is 19.2 Å². The lowest BCUT2D eigenvalue weighted by atomic mass is 9.81. The van der Waals surface area contributed by atoms with Crippen molar-refractivity contribution < 1.29 is 23.9 Å². The van der Waals surface area contributed by atoms with Gasteiger partial charge in [0.1, 0.15) is 6.04 Å². The number of nitrogens with zero attached hydrogens (tertiary/aromatic N) is 1. The maximum Gasteiger partial charge on any atom is 0.329 e. The number of esters is 1. The highest BCUT2D eigenvalue weighted by Crippen LogP contribution is 2.38. The molecule has 7 heteroatoms. The Balaban J connectivity index is 1.89. The molecule has 1 saturated carbocycles. The van der Waals surface area contributed by atoms with E-state index in [1.165, 1.54) is 6.92 Å². The largest absolute Gasteiger partial charge is 0.454 e. The van der Waals surface area contributed by atoms with Crippen molar-refractivity contribution in [2.24, 2.45) is 17.8 Å². The Morgan fingerprint density at radius 3 is 2.17 bits per heavy atom. The maximum absolute atomic E-state index is 12.4. The first-order valence-electron chi connectivity index (χ1n) is 8.63. The molecule has 0 radical (unpaired) electrons. The van der Waals surface area contributed by atoms with Crippen LogP contribution in [0.1, 0.15) is 46.5 Å². The molecule has 0 aromatic rings. The van der Waals surface area contributed by atoms with E-state index in [1.807, 2.05) is 13.8 Å². The van der Waals surface area contributed by atoms with Crippen LogP contribution in [-0.4, -0.2) is 47.8 Å². The maximum atomic E-state index is 12.4. The van der Waals surface area contributed by atoms with Gasteiger partial charge in [-0.15, -0.1) is 0 Å². The monoisotopic (exact) mass is 338 g/mol. The highest BCUT2D eigenvalue weighted by atomic mass is 16.5. The van der Waals surface area contributed by atoms with Gasteiger partial charge in [0.2, 0.25) is 11.8 Å². The van der Waals surface area contributed by atoms with Crippen LogP contribution < -0.4 is 5.32 Å². The zero-order chi connectivity index (χ0) is 17.9. The second-order valence-electron chi connectivity index (χ2n) is 7.03. The Hall–Kier alpha value is -1.92. The summed E-state index contributed by atoms with van der Waals surface area (Å²) >= 11 is 0. The molecule has 0 unspecified atom stereocenters. The van der Waals surface area contributed by atoms with Crippen LogP contribution in [0.4, 0.5) is 0 Å². The molecule has 3 atom stereocenters. The molecule has 1 aliphatic heterocycles. The first kappa shape index (κ1) is 18.4. The van der Waals surface area contributed by atoms with Gasteiger partial charge in [-0.2, -0.15) is 0 Å². The minimum atomic E-state index is -0.992. The number of fused-ring (bicyclic) bond motifs is 1. The first-order valence-corrected chi connectivity index (χ1v) is 8.63. The number of nitrogens with one attached hydrogen (secondary N) is 1. The number of imide groups is 1. The zero-order valence-electron chi connectivity index (χ0n) is 14.5. The molecule has 134 valence electrons. The molecule has 2 aliphatic rings. The number of likely N-dealkylation sites (tertiary alicyclic amines) is 1. The molecular formula is C17H26N2O5. The number of hydrogen-bond acceptors (Lipinski definition) is 5. The Morgan fingerprint density at radius 1 is 1.12 bits per heavy atom. The standard InChI is InChI=1S/C17H26N2O5/c1-10(2)8-18-14(20)9-24-17(23)11(3)19-15(21)12-6-4-5-7-13(12)16(19)22/h10-13H,4-9H2,1-3H3,(H,18,20)/t11-,12+,13+/m0/s1. The van der Waals surface area contributed by atoms with Crippen LogP contribution in [0.25, 0.3) is 0 Å². The van der Waals surface area contributed by atoms with Gasteiger partial charge in [0.05, 0.1) is 11.8 Å². The number of amides is 3. The van der Waals surface area contributed by atoms with Crippen molar-refractivity contribution in [3.05, 3.63) is 0 Å². The molecule has 1 aliphatic carbocycles. The van der Waals surface area contributed by atoms with Crippen molar-refractivity contribution in [2.75, 3.05) is 13.2 Å². The SMILES string of the molecule is CC(C)CNC(=O)COC(=O)[C@H](C)N1C(=O)[C@@H]2CCCC[C@H]2C1=O. The normalized spacial score (nSPS) is 24.8. The number of rotatable bonds is 6. The van der Waals surface area contributed by atoms with Crippen LogP contribution in [0.15, 0.2) is 0 Å². The molecule has 0 spiro atoms. The van der Waals surface area contributed by atoms with E-state index in [-0.39, 0.29) is 23.7 Å². The van der Waals surface area contributed by atoms with Crippen molar-refractivity contribution >= 4 is 23.7 Å². The Morgan fingerprint density at radius 2 is 1.67 bits per heavy atom. The van der Waals surface area contributed by atoms with Gasteiger partial charge in [-0.25, -0.2) is 4.79 Å². The Kier molecular flexibility index (Phi) is 5.96. The van der Waals surface area contributed by atoms with Gasteiger partial charge in [0, 0.05) is 6.54 Å². The molecule has 0 aromatic heterocycles. The number of ether oxygens (including phenoxy) is 1. The minimum Gasteiger partial charge on any atom is -0.454 e. The van der Waals surface area contributed by atoms with E-state index < -0.39 is 24.5 Å². The molecule has 2 fully saturated rings. The van der Waals surface area contributed by atoms with Crippen molar-refractivity contribution in [3.8, 4) is 0 Å². The average molecular weight is 338 g/mol. The highest BCUT2D eigenvalue weighted by molar-refractivity contribution is 6.07. The van der Waals surface area contributed by atoms with E-state index in [4.69, 9.17) is 4.74 Å². The van der Waals surface area contributed by atoms with Crippen molar-refractivity contribution in [3.63, 3.8) is 0 Å². The predicted octanol–water partition coefficient (Wildman–Crippen LogP) is 0.865. The number of hydrogen-bond donors (Lipinski definition) is 1. The molecule has 3 amide bonds. The van der Waals surface area contributed by atoms with Gasteiger partial charge < -0.3 is 10.1 Å². The number of carbonyl (C=O) groups excluding carboxylic acids is 4. The van der Waals surface area contributed by atoms with Gasteiger partial charge in [0.15, 0.2) is 6.61 Å². The third-order valence-electron chi connectivity index (χ3n) is 4.66. The third kappa shape index (κ3) is 3.94. The first-order chi connectivity index (χ1) is 11.3. The van der Waals surface area contributed by atoms with Gasteiger partial charge in [-0.1, -0.05) is 26.7 Å². The van der Waals surface area contributed by atoms with Crippen LogP contribution >= 0.6 is 0 Å². The average Bonchev–Trinajstić information content (AvgIpc) is 2.81. The van der Waals surface area contributed by atoms with Crippen molar-refractivity contribution in [1.29, 1.82) is 0 Å². The molecule has 1 heterocycles. The second-order valence-corrected chi connectivity index (χ2v) is 7.03. The smallest absolute Gasteiger partial charge is 0.329 e. The van der Waals surface area contributed by atoms with E-state index >= 15 is 0 Å². The zero-order valence-corrected chi connectivity index (χ0v) is 14.5. The van der Waals surface area contributed by atoms with Crippen LogP contribution in [0.2, 0.25) is 0 Å². The summed E-state index contributed by atoms with van der Waals surface area (Å²) in [7, 11) is 0. The quantitative estimate of drug-likeness (QED) is 0.573. The van der Waals surface area contributed by atoms with Crippen LogP contribution in [0, 0.1) is 17.8 Å². The summed E-state index contributed by atoms with van der Waals surface area (Å²) in [6.45, 7) is 5.48. The fraction of sp³-hybridized carbons (Fsp3) is 0.765. The van der Waals surface area contributed by atoms with Gasteiger partial charge >= 0.3 is 5.97 Å². The van der Waals surface area contributed by atoms with E-state index in [1.54, 1.807) is 0 Å². The number of carbonyl (C=O) groups is 4. The molecular weight excluding hydrogens is 312 g/mol. The third-order valence-corrected chi connectivity index (χ3v) is 4.66. The molecule has 0 aromatic carbocycles. The summed E-state index contributed by atoms with van der Waals surface area (Å²) in [5.74, 6) is -1.97. The molecule has 7 nitrogen and oxygen atoms in total. The Labute approximate surface area is 142 Å².